The van der Waals surface area contributed by atoms with Crippen molar-refractivity contribution in [2.24, 2.45) is 0 Å². The van der Waals surface area contributed by atoms with E-state index in [9.17, 15) is 0 Å². The Morgan fingerprint density at radius 2 is 2.10 bits per heavy atom. The molecule has 0 spiro atoms. The number of hydrogen-bond acceptors (Lipinski definition) is 9. The molecule has 5 rings (SSSR count). The number of rotatable bonds is 5. The Morgan fingerprint density at radius 1 is 1.16 bits per heavy atom. The summed E-state index contributed by atoms with van der Waals surface area (Å²) in [5.74, 6) is 2.98. The van der Waals surface area contributed by atoms with E-state index >= 15 is 0 Å². The third kappa shape index (κ3) is 3.57. The Labute approximate surface area is 177 Å². The highest BCUT2D eigenvalue weighted by atomic mass is 16.5. The third-order valence-electron chi connectivity index (χ3n) is 5.07. The van der Waals surface area contributed by atoms with Crippen molar-refractivity contribution in [1.29, 1.82) is 5.26 Å². The molecule has 0 saturated carbocycles. The molecule has 1 aliphatic heterocycles. The summed E-state index contributed by atoms with van der Waals surface area (Å²) in [6.45, 7) is 2.07. The van der Waals surface area contributed by atoms with Crippen molar-refractivity contribution < 1.29 is 9.26 Å². The Morgan fingerprint density at radius 3 is 2.97 bits per heavy atom. The summed E-state index contributed by atoms with van der Waals surface area (Å²) in [4.78, 5) is 10.7. The highest BCUT2D eigenvalue weighted by molar-refractivity contribution is 5.59. The van der Waals surface area contributed by atoms with Crippen molar-refractivity contribution >= 4 is 5.95 Å². The topological polar surface area (TPSA) is 119 Å². The number of benzene rings is 1. The summed E-state index contributed by atoms with van der Waals surface area (Å²) >= 11 is 0. The van der Waals surface area contributed by atoms with Gasteiger partial charge in [-0.2, -0.15) is 10.2 Å². The van der Waals surface area contributed by atoms with E-state index in [1.165, 1.54) is 0 Å². The second-order valence-corrected chi connectivity index (χ2v) is 7.05. The number of nitriles is 1. The van der Waals surface area contributed by atoms with E-state index in [0.717, 1.165) is 36.8 Å². The fourth-order valence-corrected chi connectivity index (χ4v) is 3.61. The van der Waals surface area contributed by atoms with Crippen LogP contribution >= 0.6 is 0 Å². The molecule has 1 aromatic carbocycles. The zero-order valence-electron chi connectivity index (χ0n) is 16.8. The van der Waals surface area contributed by atoms with E-state index in [-0.39, 0.29) is 0 Å². The average molecular weight is 414 g/mol. The Balaban J connectivity index is 1.40. The Hall–Kier alpha value is -4.26. The maximum atomic E-state index is 9.09. The van der Waals surface area contributed by atoms with Crippen molar-refractivity contribution in [3.05, 3.63) is 54.0 Å². The summed E-state index contributed by atoms with van der Waals surface area (Å²) in [5, 5.41) is 22.0. The molecule has 0 radical (unpaired) electrons. The van der Waals surface area contributed by atoms with Crippen molar-refractivity contribution in [3.8, 4) is 34.8 Å². The van der Waals surface area contributed by atoms with E-state index in [1.807, 2.05) is 18.2 Å². The predicted octanol–water partition coefficient (Wildman–Crippen LogP) is 2.68. The molecule has 1 aliphatic rings. The molecule has 0 amide bonds. The van der Waals surface area contributed by atoms with Gasteiger partial charge in [-0.05, 0) is 30.7 Å². The number of nitrogens with zero attached hydrogens (tertiary/aromatic N) is 8. The lowest BCUT2D eigenvalue weighted by molar-refractivity contribution is 0.398. The normalized spacial score (nSPS) is 13.0. The van der Waals surface area contributed by atoms with Gasteiger partial charge in [-0.15, -0.1) is 10.2 Å². The molecule has 0 N–H and O–H groups in total. The number of pyridine rings is 1. The number of fused-ring (bicyclic) bond motifs is 1. The molecule has 0 aliphatic carbocycles. The summed E-state index contributed by atoms with van der Waals surface area (Å²) in [5.41, 5.74) is 2.15. The minimum Gasteiger partial charge on any atom is -0.481 e. The van der Waals surface area contributed by atoms with Gasteiger partial charge < -0.3 is 14.2 Å². The fourth-order valence-electron chi connectivity index (χ4n) is 3.61. The number of methoxy groups -OCH3 is 1. The van der Waals surface area contributed by atoms with E-state index in [1.54, 1.807) is 31.5 Å². The Bertz CT molecular complexity index is 1270. The number of aromatic nitrogens is 6. The first-order valence-electron chi connectivity index (χ1n) is 9.77. The molecular weight excluding hydrogens is 396 g/mol. The first-order valence-corrected chi connectivity index (χ1v) is 9.77. The van der Waals surface area contributed by atoms with Gasteiger partial charge in [0.2, 0.25) is 11.8 Å². The monoisotopic (exact) mass is 414 g/mol. The molecule has 4 aromatic rings. The molecular formula is C21H18N8O2. The van der Waals surface area contributed by atoms with Crippen molar-refractivity contribution in [2.75, 3.05) is 18.6 Å². The summed E-state index contributed by atoms with van der Waals surface area (Å²) in [7, 11) is 1.59. The molecule has 10 heteroatoms. The van der Waals surface area contributed by atoms with Crippen LogP contribution in [-0.2, 0) is 13.1 Å². The van der Waals surface area contributed by atoms with Crippen LogP contribution in [0.5, 0.6) is 5.88 Å². The molecule has 0 saturated heterocycles. The quantitative estimate of drug-likeness (QED) is 0.485. The first kappa shape index (κ1) is 18.7. The van der Waals surface area contributed by atoms with Gasteiger partial charge in [0.15, 0.2) is 11.6 Å². The number of anilines is 1. The maximum Gasteiger partial charge on any atom is 0.258 e. The van der Waals surface area contributed by atoms with Crippen LogP contribution in [0.15, 0.2) is 47.1 Å². The molecule has 0 atom stereocenters. The number of ether oxygens (including phenoxy) is 1. The minimum atomic E-state index is 0.384. The second-order valence-electron chi connectivity index (χ2n) is 7.05. The first-order chi connectivity index (χ1) is 15.2. The largest absolute Gasteiger partial charge is 0.481 e. The third-order valence-corrected chi connectivity index (χ3v) is 5.07. The van der Waals surface area contributed by atoms with Gasteiger partial charge in [-0.3, -0.25) is 4.57 Å². The van der Waals surface area contributed by atoms with E-state index in [4.69, 9.17) is 14.5 Å². The average Bonchev–Trinajstić information content (AvgIpc) is 3.47. The van der Waals surface area contributed by atoms with Crippen molar-refractivity contribution in [2.45, 2.75) is 19.5 Å². The van der Waals surface area contributed by atoms with Crippen LogP contribution in [0.1, 0.15) is 17.8 Å². The summed E-state index contributed by atoms with van der Waals surface area (Å²) < 4.78 is 12.7. The zero-order valence-corrected chi connectivity index (χ0v) is 16.8. The van der Waals surface area contributed by atoms with Crippen LogP contribution in [0.4, 0.5) is 5.95 Å². The van der Waals surface area contributed by atoms with E-state index in [2.05, 4.69) is 40.9 Å². The zero-order chi connectivity index (χ0) is 21.2. The number of hydrogen-bond donors (Lipinski definition) is 0. The second kappa shape index (κ2) is 7.87. The van der Waals surface area contributed by atoms with Gasteiger partial charge >= 0.3 is 0 Å². The molecule has 0 bridgehead atoms. The van der Waals surface area contributed by atoms with Gasteiger partial charge in [-0.1, -0.05) is 11.2 Å². The van der Waals surface area contributed by atoms with Crippen LogP contribution in [0.25, 0.3) is 22.8 Å². The van der Waals surface area contributed by atoms with E-state index in [0.29, 0.717) is 35.3 Å². The van der Waals surface area contributed by atoms with Crippen molar-refractivity contribution in [1.82, 2.24) is 29.9 Å². The Kier molecular flexibility index (Phi) is 4.76. The molecule has 31 heavy (non-hydrogen) atoms. The summed E-state index contributed by atoms with van der Waals surface area (Å²) in [6, 6.07) is 12.9. The predicted molar refractivity (Wildman–Crippen MR) is 110 cm³/mol. The molecule has 3 aromatic heterocycles. The highest BCUT2D eigenvalue weighted by Crippen LogP contribution is 2.28. The molecule has 154 valence electrons. The molecule has 0 unspecified atom stereocenters. The van der Waals surface area contributed by atoms with Crippen LogP contribution in [-0.4, -0.2) is 43.5 Å². The van der Waals surface area contributed by atoms with Gasteiger partial charge in [0.1, 0.15) is 0 Å². The highest BCUT2D eigenvalue weighted by Gasteiger charge is 2.25. The maximum absolute atomic E-state index is 9.09. The van der Waals surface area contributed by atoms with Crippen LogP contribution in [0.2, 0.25) is 0 Å². The minimum absolute atomic E-state index is 0.384. The van der Waals surface area contributed by atoms with Crippen LogP contribution in [0, 0.1) is 11.3 Å². The molecule has 10 nitrogen and oxygen atoms in total. The van der Waals surface area contributed by atoms with Crippen LogP contribution < -0.4 is 9.64 Å². The van der Waals surface area contributed by atoms with E-state index < -0.39 is 0 Å². The lowest BCUT2D eigenvalue weighted by Gasteiger charge is -2.27. The van der Waals surface area contributed by atoms with Gasteiger partial charge in [0, 0.05) is 36.5 Å². The molecule has 4 heterocycles. The van der Waals surface area contributed by atoms with Gasteiger partial charge in [-0.25, -0.2) is 4.98 Å². The lowest BCUT2D eigenvalue weighted by Crippen LogP contribution is -2.32. The summed E-state index contributed by atoms with van der Waals surface area (Å²) in [6.07, 6.45) is 2.63. The van der Waals surface area contributed by atoms with Gasteiger partial charge in [0.05, 0.1) is 25.3 Å². The lowest BCUT2D eigenvalue weighted by atomic mass is 10.1. The molecule has 0 fully saturated rings. The fraction of sp³-hybridized carbons (Fsp3) is 0.238. The SMILES string of the molecule is COc1cc(-c2nnc3n2CCCN3Cc2noc(-c3cccc(C#N)c3)n2)ccn1. The van der Waals surface area contributed by atoms with Crippen molar-refractivity contribution in [3.63, 3.8) is 0 Å². The van der Waals surface area contributed by atoms with Crippen LogP contribution in [0.3, 0.4) is 0 Å². The van der Waals surface area contributed by atoms with Gasteiger partial charge in [0.25, 0.3) is 5.89 Å². The standard InChI is InChI=1S/C21H18N8O2/c1-30-18-11-15(6-7-23-18)19-25-26-21-28(8-3-9-29(19)21)13-17-24-20(31-27-17)16-5-2-4-14(10-16)12-22/h2,4-7,10-11H,3,8-9,13H2,1H3. The smallest absolute Gasteiger partial charge is 0.258 e.